The molecule has 1 aliphatic heterocycles. The zero-order valence-electron chi connectivity index (χ0n) is 13.2. The summed E-state index contributed by atoms with van der Waals surface area (Å²) in [4.78, 5) is 23.1. The molecule has 0 bridgehead atoms. The zero-order chi connectivity index (χ0) is 17.2. The highest BCUT2D eigenvalue weighted by molar-refractivity contribution is 8.18. The third-order valence-corrected chi connectivity index (χ3v) is 6.33. The summed E-state index contributed by atoms with van der Waals surface area (Å²) in [5, 5.41) is 8.38. The first kappa shape index (κ1) is 16.3. The van der Waals surface area contributed by atoms with Gasteiger partial charge >= 0.3 is 0 Å². The number of rotatable bonds is 3. The minimum absolute atomic E-state index is 0.136. The largest absolute Gasteiger partial charge is 0.300 e. The summed E-state index contributed by atoms with van der Waals surface area (Å²) in [6.45, 7) is 2.00. The Hall–Kier alpha value is -2.22. The van der Waals surface area contributed by atoms with Gasteiger partial charge in [-0.25, -0.2) is 9.98 Å². The van der Waals surface area contributed by atoms with Crippen molar-refractivity contribution in [2.75, 3.05) is 0 Å². The molecular formula is C18H13N3OS3. The van der Waals surface area contributed by atoms with Crippen LogP contribution in [0, 0.1) is 6.92 Å². The molecule has 0 radical (unpaired) electrons. The maximum absolute atomic E-state index is 12.2. The van der Waals surface area contributed by atoms with E-state index in [1.807, 2.05) is 60.2 Å². The molecule has 0 spiro atoms. The van der Waals surface area contributed by atoms with E-state index in [4.69, 9.17) is 0 Å². The Balaban J connectivity index is 1.57. The Morgan fingerprint density at radius 2 is 2.04 bits per heavy atom. The second kappa shape index (κ2) is 6.95. The van der Waals surface area contributed by atoms with Crippen molar-refractivity contribution < 1.29 is 4.79 Å². The van der Waals surface area contributed by atoms with Gasteiger partial charge in [-0.1, -0.05) is 24.3 Å². The number of hydrogen-bond acceptors (Lipinski definition) is 6. The number of nitrogens with zero attached hydrogens (tertiary/aromatic N) is 2. The number of amidine groups is 1. The minimum Gasteiger partial charge on any atom is -0.300 e. The van der Waals surface area contributed by atoms with Crippen molar-refractivity contribution in [3.63, 3.8) is 0 Å². The van der Waals surface area contributed by atoms with Crippen LogP contribution in [0.4, 0.5) is 5.69 Å². The number of para-hydroxylation sites is 1. The van der Waals surface area contributed by atoms with E-state index in [0.717, 1.165) is 26.8 Å². The topological polar surface area (TPSA) is 54.4 Å². The molecule has 0 atom stereocenters. The highest BCUT2D eigenvalue weighted by Gasteiger charge is 2.24. The number of benzene rings is 1. The van der Waals surface area contributed by atoms with Crippen LogP contribution in [0.2, 0.25) is 0 Å². The fourth-order valence-electron chi connectivity index (χ4n) is 2.28. The SMILES string of the molecule is Cc1ccccc1N=C1NC(=O)/C(=C\c2csc(-c3cccs3)n2)S1. The molecule has 4 rings (SSSR count). The van der Waals surface area contributed by atoms with Gasteiger partial charge in [-0.15, -0.1) is 22.7 Å². The molecular weight excluding hydrogens is 370 g/mol. The smallest absolute Gasteiger partial charge is 0.264 e. The van der Waals surface area contributed by atoms with E-state index in [1.54, 1.807) is 22.7 Å². The maximum Gasteiger partial charge on any atom is 0.264 e. The Morgan fingerprint density at radius 3 is 2.84 bits per heavy atom. The van der Waals surface area contributed by atoms with E-state index in [-0.39, 0.29) is 5.91 Å². The first-order valence-electron chi connectivity index (χ1n) is 7.54. The third kappa shape index (κ3) is 3.58. The molecule has 3 aromatic rings. The van der Waals surface area contributed by atoms with Crippen molar-refractivity contribution in [3.05, 3.63) is 63.3 Å². The lowest BCUT2D eigenvalue weighted by atomic mass is 10.2. The van der Waals surface area contributed by atoms with E-state index in [0.29, 0.717) is 10.1 Å². The summed E-state index contributed by atoms with van der Waals surface area (Å²) < 4.78 is 0. The third-order valence-electron chi connectivity index (χ3n) is 3.52. The van der Waals surface area contributed by atoms with Crippen LogP contribution in [-0.2, 0) is 4.79 Å². The van der Waals surface area contributed by atoms with E-state index < -0.39 is 0 Å². The monoisotopic (exact) mass is 383 g/mol. The van der Waals surface area contributed by atoms with Crippen LogP contribution in [-0.4, -0.2) is 16.1 Å². The van der Waals surface area contributed by atoms with Crippen LogP contribution in [0.25, 0.3) is 16.0 Å². The second-order valence-corrected chi connectivity index (χ2v) is 8.16. The van der Waals surface area contributed by atoms with Crippen molar-refractivity contribution in [2.45, 2.75) is 6.92 Å². The number of aliphatic imine (C=N–C) groups is 1. The van der Waals surface area contributed by atoms with Crippen LogP contribution < -0.4 is 5.32 Å². The first-order valence-corrected chi connectivity index (χ1v) is 10.1. The van der Waals surface area contributed by atoms with Gasteiger partial charge in [-0.3, -0.25) is 4.79 Å². The van der Waals surface area contributed by atoms with E-state index in [2.05, 4.69) is 15.3 Å². The number of aromatic nitrogens is 1. The molecule has 25 heavy (non-hydrogen) atoms. The molecule has 0 aliphatic carbocycles. The molecule has 2 aromatic heterocycles. The molecule has 1 fully saturated rings. The highest BCUT2D eigenvalue weighted by atomic mass is 32.2. The number of hydrogen-bond donors (Lipinski definition) is 1. The predicted molar refractivity (Wildman–Crippen MR) is 107 cm³/mol. The number of thiazole rings is 1. The molecule has 1 amide bonds. The lowest BCUT2D eigenvalue weighted by molar-refractivity contribution is -0.115. The molecule has 3 heterocycles. The quantitative estimate of drug-likeness (QED) is 0.642. The number of carbonyl (C=O) groups excluding carboxylic acids is 1. The Kier molecular flexibility index (Phi) is 4.52. The predicted octanol–water partition coefficient (Wildman–Crippen LogP) is 5.07. The van der Waals surface area contributed by atoms with E-state index in [9.17, 15) is 4.79 Å². The molecule has 124 valence electrons. The molecule has 1 saturated heterocycles. The van der Waals surface area contributed by atoms with Gasteiger partial charge in [-0.2, -0.15) is 0 Å². The lowest BCUT2D eigenvalue weighted by Gasteiger charge is -1.99. The van der Waals surface area contributed by atoms with Gasteiger partial charge in [-0.05, 0) is 47.8 Å². The Labute approximate surface area is 157 Å². The van der Waals surface area contributed by atoms with Crippen molar-refractivity contribution in [1.29, 1.82) is 0 Å². The second-order valence-electron chi connectivity index (χ2n) is 5.32. The Bertz CT molecular complexity index is 987. The van der Waals surface area contributed by atoms with Gasteiger partial charge in [0, 0.05) is 5.38 Å². The van der Waals surface area contributed by atoms with Gasteiger partial charge < -0.3 is 5.32 Å². The standard InChI is InChI=1S/C18H13N3OS3/c1-11-5-2-3-6-13(11)20-18-21-16(22)15(25-18)9-12-10-24-17(19-12)14-7-4-8-23-14/h2-10H,1H3,(H,20,21,22)/b15-9+. The fourth-order valence-corrected chi connectivity index (χ4v) is 4.69. The number of thioether (sulfide) groups is 1. The number of carbonyl (C=O) groups is 1. The van der Waals surface area contributed by atoms with Crippen LogP contribution in [0.15, 0.2) is 57.1 Å². The van der Waals surface area contributed by atoms with Crippen molar-refractivity contribution >= 4 is 57.3 Å². The fraction of sp³-hybridized carbons (Fsp3) is 0.0556. The summed E-state index contributed by atoms with van der Waals surface area (Å²) in [6.07, 6.45) is 1.81. The average molecular weight is 384 g/mol. The summed E-state index contributed by atoms with van der Waals surface area (Å²) in [5.41, 5.74) is 2.73. The van der Waals surface area contributed by atoms with Crippen LogP contribution >= 0.6 is 34.4 Å². The Morgan fingerprint density at radius 1 is 1.16 bits per heavy atom. The maximum atomic E-state index is 12.2. The number of amides is 1. The van der Waals surface area contributed by atoms with Gasteiger partial charge in [0.15, 0.2) is 5.17 Å². The van der Waals surface area contributed by atoms with Crippen molar-refractivity contribution in [2.24, 2.45) is 4.99 Å². The highest BCUT2D eigenvalue weighted by Crippen LogP contribution is 2.32. The first-order chi connectivity index (χ1) is 12.2. The summed E-state index contributed by atoms with van der Waals surface area (Å²) in [5.74, 6) is -0.136. The molecule has 1 aromatic carbocycles. The number of nitrogens with one attached hydrogen (secondary N) is 1. The number of thiophene rings is 1. The molecule has 0 saturated carbocycles. The minimum atomic E-state index is -0.136. The lowest BCUT2D eigenvalue weighted by Crippen LogP contribution is -2.19. The molecule has 4 nitrogen and oxygen atoms in total. The zero-order valence-corrected chi connectivity index (χ0v) is 15.7. The van der Waals surface area contributed by atoms with Crippen LogP contribution in [0.3, 0.4) is 0 Å². The molecule has 1 N–H and O–H groups in total. The number of aryl methyl sites for hydroxylation is 1. The van der Waals surface area contributed by atoms with Gasteiger partial charge in [0.1, 0.15) is 5.01 Å². The molecule has 7 heteroatoms. The van der Waals surface area contributed by atoms with Gasteiger partial charge in [0.05, 0.1) is 21.2 Å². The molecule has 0 unspecified atom stereocenters. The summed E-state index contributed by atoms with van der Waals surface area (Å²) >= 11 is 4.58. The van der Waals surface area contributed by atoms with E-state index >= 15 is 0 Å². The average Bonchev–Trinajstić information content (AvgIpc) is 3.32. The summed E-state index contributed by atoms with van der Waals surface area (Å²) in [6, 6.07) is 11.9. The van der Waals surface area contributed by atoms with Crippen LogP contribution in [0.1, 0.15) is 11.3 Å². The van der Waals surface area contributed by atoms with Gasteiger partial charge in [0.2, 0.25) is 0 Å². The van der Waals surface area contributed by atoms with Crippen molar-refractivity contribution in [3.8, 4) is 9.88 Å². The van der Waals surface area contributed by atoms with Crippen molar-refractivity contribution in [1.82, 2.24) is 10.3 Å². The normalized spacial score (nSPS) is 17.4. The van der Waals surface area contributed by atoms with Gasteiger partial charge in [0.25, 0.3) is 5.91 Å². The summed E-state index contributed by atoms with van der Waals surface area (Å²) in [7, 11) is 0. The molecule has 1 aliphatic rings. The van der Waals surface area contributed by atoms with E-state index in [1.165, 1.54) is 11.8 Å². The van der Waals surface area contributed by atoms with Crippen LogP contribution in [0.5, 0.6) is 0 Å².